The van der Waals surface area contributed by atoms with E-state index in [0.717, 1.165) is 5.56 Å². The molecular formula is C18H19N5O4S. The zero-order chi connectivity index (χ0) is 20.1. The lowest BCUT2D eigenvalue weighted by Crippen LogP contribution is -2.14. The highest BCUT2D eigenvalue weighted by molar-refractivity contribution is 7.91. The molecule has 0 aliphatic carbocycles. The summed E-state index contributed by atoms with van der Waals surface area (Å²) < 4.78 is 30.6. The number of aryl methyl sites for hydroxylation is 1. The van der Waals surface area contributed by atoms with Crippen LogP contribution in [0.15, 0.2) is 53.4 Å². The van der Waals surface area contributed by atoms with Crippen LogP contribution in [-0.2, 0) is 21.6 Å². The molecule has 0 saturated heterocycles. The lowest BCUT2D eigenvalue weighted by Gasteiger charge is -2.08. The summed E-state index contributed by atoms with van der Waals surface area (Å²) in [5, 5.41) is 14.1. The van der Waals surface area contributed by atoms with E-state index in [1.54, 1.807) is 25.2 Å². The maximum Gasteiger partial charge on any atom is 0.255 e. The van der Waals surface area contributed by atoms with E-state index in [1.807, 2.05) is 6.07 Å². The molecule has 0 saturated carbocycles. The van der Waals surface area contributed by atoms with Crippen LogP contribution >= 0.6 is 0 Å². The second-order valence-electron chi connectivity index (χ2n) is 6.00. The van der Waals surface area contributed by atoms with Gasteiger partial charge in [-0.15, -0.1) is 5.10 Å². The number of benzene rings is 2. The number of amides is 1. The van der Waals surface area contributed by atoms with E-state index in [9.17, 15) is 13.2 Å². The van der Waals surface area contributed by atoms with Crippen molar-refractivity contribution >= 4 is 21.4 Å². The van der Waals surface area contributed by atoms with E-state index in [-0.39, 0.29) is 23.2 Å². The molecule has 0 aliphatic rings. The maximum atomic E-state index is 12.5. The molecule has 1 heterocycles. The Kier molecular flexibility index (Phi) is 5.81. The predicted molar refractivity (Wildman–Crippen MR) is 103 cm³/mol. The molecular weight excluding hydrogens is 382 g/mol. The minimum absolute atomic E-state index is 0.112. The second-order valence-corrected chi connectivity index (χ2v) is 8.11. The molecule has 2 aromatic carbocycles. The van der Waals surface area contributed by atoms with E-state index in [2.05, 4.69) is 20.8 Å². The van der Waals surface area contributed by atoms with Crippen molar-refractivity contribution in [1.82, 2.24) is 20.2 Å². The van der Waals surface area contributed by atoms with E-state index >= 15 is 0 Å². The summed E-state index contributed by atoms with van der Waals surface area (Å²) in [6.45, 7) is 0.113. The van der Waals surface area contributed by atoms with Crippen molar-refractivity contribution in [2.45, 2.75) is 4.90 Å². The summed E-state index contributed by atoms with van der Waals surface area (Å²) in [6, 6.07) is 12.9. The average molecular weight is 401 g/mol. The van der Waals surface area contributed by atoms with Crippen molar-refractivity contribution in [3.05, 3.63) is 54.1 Å². The molecule has 0 fully saturated rings. The van der Waals surface area contributed by atoms with Crippen LogP contribution in [-0.4, -0.2) is 54.0 Å². The SMILES string of the molecule is COCCS(=O)(=O)c1ccc(C(=O)Nc2cccc(-c3nnnn3C)c2)cc1. The maximum absolute atomic E-state index is 12.5. The van der Waals surface area contributed by atoms with Gasteiger partial charge in [0.05, 0.1) is 17.3 Å². The summed E-state index contributed by atoms with van der Waals surface area (Å²) in [5.74, 6) is 0.106. The molecule has 3 rings (SSSR count). The normalized spacial score (nSPS) is 11.4. The molecule has 9 nitrogen and oxygen atoms in total. The van der Waals surface area contributed by atoms with E-state index < -0.39 is 9.84 Å². The molecule has 3 aromatic rings. The van der Waals surface area contributed by atoms with Crippen LogP contribution in [0.1, 0.15) is 10.4 Å². The molecule has 0 aliphatic heterocycles. The van der Waals surface area contributed by atoms with Crippen molar-refractivity contribution in [2.75, 3.05) is 24.8 Å². The number of nitrogens with zero attached hydrogens (tertiary/aromatic N) is 4. The Morgan fingerprint density at radius 1 is 1.18 bits per heavy atom. The summed E-state index contributed by atoms with van der Waals surface area (Å²) in [4.78, 5) is 12.6. The largest absolute Gasteiger partial charge is 0.384 e. The fraction of sp³-hybridized carbons (Fsp3) is 0.222. The number of tetrazole rings is 1. The summed E-state index contributed by atoms with van der Waals surface area (Å²) >= 11 is 0. The van der Waals surface area contributed by atoms with Gasteiger partial charge in [-0.3, -0.25) is 4.79 Å². The van der Waals surface area contributed by atoms with Crippen LogP contribution in [0.25, 0.3) is 11.4 Å². The third-order valence-electron chi connectivity index (χ3n) is 4.03. The van der Waals surface area contributed by atoms with Gasteiger partial charge in [0.15, 0.2) is 15.7 Å². The first-order valence-electron chi connectivity index (χ1n) is 8.36. The zero-order valence-corrected chi connectivity index (χ0v) is 16.2. The number of hydrogen-bond donors (Lipinski definition) is 1. The Hall–Kier alpha value is -3.11. The first-order valence-corrected chi connectivity index (χ1v) is 10.0. The topological polar surface area (TPSA) is 116 Å². The molecule has 0 spiro atoms. The first kappa shape index (κ1) is 19.6. The van der Waals surface area contributed by atoms with Crippen molar-refractivity contribution in [3.8, 4) is 11.4 Å². The Balaban J connectivity index is 1.74. The Morgan fingerprint density at radius 3 is 2.57 bits per heavy atom. The number of ether oxygens (including phenoxy) is 1. The van der Waals surface area contributed by atoms with Gasteiger partial charge in [-0.05, 0) is 46.8 Å². The highest BCUT2D eigenvalue weighted by Crippen LogP contribution is 2.20. The number of nitrogens with one attached hydrogen (secondary N) is 1. The molecule has 146 valence electrons. The fourth-order valence-electron chi connectivity index (χ4n) is 2.54. The van der Waals surface area contributed by atoms with Crippen LogP contribution in [0.5, 0.6) is 0 Å². The number of carbonyl (C=O) groups is 1. The van der Waals surface area contributed by atoms with Crippen LogP contribution < -0.4 is 5.32 Å². The Morgan fingerprint density at radius 2 is 1.93 bits per heavy atom. The van der Waals surface area contributed by atoms with Gasteiger partial charge in [0.2, 0.25) is 0 Å². The van der Waals surface area contributed by atoms with Gasteiger partial charge in [-0.25, -0.2) is 13.1 Å². The molecule has 1 aromatic heterocycles. The number of sulfone groups is 1. The minimum Gasteiger partial charge on any atom is -0.384 e. The number of carbonyl (C=O) groups excluding carboxylic acids is 1. The third kappa shape index (κ3) is 4.41. The van der Waals surface area contributed by atoms with Crippen molar-refractivity contribution in [3.63, 3.8) is 0 Å². The van der Waals surface area contributed by atoms with Gasteiger partial charge in [-0.2, -0.15) is 0 Å². The number of aromatic nitrogens is 4. The van der Waals surface area contributed by atoms with E-state index in [1.165, 1.54) is 36.1 Å². The van der Waals surface area contributed by atoms with Crippen molar-refractivity contribution in [1.29, 1.82) is 0 Å². The summed E-state index contributed by atoms with van der Waals surface area (Å²) in [7, 11) is -0.268. The molecule has 0 atom stereocenters. The Bertz CT molecular complexity index is 1080. The highest BCUT2D eigenvalue weighted by atomic mass is 32.2. The molecule has 0 unspecified atom stereocenters. The number of anilines is 1. The molecule has 0 bridgehead atoms. The van der Waals surface area contributed by atoms with Crippen LogP contribution in [0, 0.1) is 0 Å². The molecule has 1 N–H and O–H groups in total. The number of rotatable bonds is 7. The standard InChI is InChI=1S/C18H19N5O4S/c1-23-17(20-21-22-23)14-4-3-5-15(12-14)19-18(24)13-6-8-16(9-7-13)28(25,26)11-10-27-2/h3-9,12H,10-11H2,1-2H3,(H,19,24). The van der Waals surface area contributed by atoms with Crippen LogP contribution in [0.4, 0.5) is 5.69 Å². The van der Waals surface area contributed by atoms with Crippen molar-refractivity contribution < 1.29 is 17.9 Å². The third-order valence-corrected chi connectivity index (χ3v) is 5.73. The van der Waals surface area contributed by atoms with Gasteiger partial charge in [0.25, 0.3) is 5.91 Å². The predicted octanol–water partition coefficient (Wildman–Crippen LogP) is 1.55. The van der Waals surface area contributed by atoms with Gasteiger partial charge in [-0.1, -0.05) is 12.1 Å². The lowest BCUT2D eigenvalue weighted by molar-refractivity contribution is 0.102. The molecule has 1 amide bonds. The van der Waals surface area contributed by atoms with Gasteiger partial charge in [0, 0.05) is 31.0 Å². The smallest absolute Gasteiger partial charge is 0.255 e. The van der Waals surface area contributed by atoms with Crippen molar-refractivity contribution in [2.24, 2.45) is 7.05 Å². The molecule has 28 heavy (non-hydrogen) atoms. The number of methoxy groups -OCH3 is 1. The van der Waals surface area contributed by atoms with Gasteiger partial charge in [0.1, 0.15) is 0 Å². The van der Waals surface area contributed by atoms with E-state index in [4.69, 9.17) is 4.74 Å². The highest BCUT2D eigenvalue weighted by Gasteiger charge is 2.15. The average Bonchev–Trinajstić information content (AvgIpc) is 3.12. The number of hydrogen-bond acceptors (Lipinski definition) is 7. The van der Waals surface area contributed by atoms with Crippen LogP contribution in [0.2, 0.25) is 0 Å². The minimum atomic E-state index is -3.44. The Labute approximate surface area is 162 Å². The fourth-order valence-corrected chi connectivity index (χ4v) is 3.71. The lowest BCUT2D eigenvalue weighted by atomic mass is 10.1. The first-order chi connectivity index (χ1) is 13.4. The van der Waals surface area contributed by atoms with Crippen LogP contribution in [0.3, 0.4) is 0 Å². The molecule has 10 heteroatoms. The van der Waals surface area contributed by atoms with E-state index in [0.29, 0.717) is 17.1 Å². The van der Waals surface area contributed by atoms with Gasteiger partial charge >= 0.3 is 0 Å². The quantitative estimate of drug-likeness (QED) is 0.638. The van der Waals surface area contributed by atoms with Gasteiger partial charge < -0.3 is 10.1 Å². The monoisotopic (exact) mass is 401 g/mol. The molecule has 0 radical (unpaired) electrons. The summed E-state index contributed by atoms with van der Waals surface area (Å²) in [5.41, 5.74) is 1.67. The second kappa shape index (κ2) is 8.28. The summed E-state index contributed by atoms with van der Waals surface area (Å²) in [6.07, 6.45) is 0. The zero-order valence-electron chi connectivity index (χ0n) is 15.4.